The number of halogens is 1. The Bertz CT molecular complexity index is 277. The van der Waals surface area contributed by atoms with Gasteiger partial charge in [-0.3, -0.25) is 4.79 Å². The van der Waals surface area contributed by atoms with Gasteiger partial charge in [0.25, 0.3) is 0 Å². The maximum atomic E-state index is 11.2. The molecule has 0 saturated carbocycles. The van der Waals surface area contributed by atoms with Crippen molar-refractivity contribution < 1.29 is 4.79 Å². The Morgan fingerprint density at radius 3 is 2.75 bits per heavy atom. The van der Waals surface area contributed by atoms with Crippen LogP contribution < -0.4 is 11.1 Å². The highest BCUT2D eigenvalue weighted by Crippen LogP contribution is 2.36. The summed E-state index contributed by atoms with van der Waals surface area (Å²) >= 11 is 0. The van der Waals surface area contributed by atoms with Crippen molar-refractivity contribution in [1.82, 2.24) is 10.2 Å². The lowest BCUT2D eigenvalue weighted by Gasteiger charge is -2.27. The highest BCUT2D eigenvalue weighted by atomic mass is 35.5. The van der Waals surface area contributed by atoms with Gasteiger partial charge in [0.1, 0.15) is 0 Å². The van der Waals surface area contributed by atoms with Crippen LogP contribution in [-0.2, 0) is 4.79 Å². The second-order valence-corrected chi connectivity index (χ2v) is 5.90. The molecule has 2 aliphatic heterocycles. The molecular weight excluding hydrogens is 226 g/mol. The Labute approximate surface area is 103 Å². The molecular formula is C11H22ClN3O. The van der Waals surface area contributed by atoms with Gasteiger partial charge in [-0.2, -0.15) is 0 Å². The minimum atomic E-state index is -0.137. The topological polar surface area (TPSA) is 58.4 Å². The van der Waals surface area contributed by atoms with Gasteiger partial charge in [0.15, 0.2) is 0 Å². The van der Waals surface area contributed by atoms with E-state index in [2.05, 4.69) is 24.1 Å². The quantitative estimate of drug-likeness (QED) is 0.741. The van der Waals surface area contributed by atoms with Gasteiger partial charge < -0.3 is 16.0 Å². The maximum Gasteiger partial charge on any atom is 0.220 e. The molecule has 2 fully saturated rings. The van der Waals surface area contributed by atoms with E-state index in [1.807, 2.05) is 0 Å². The van der Waals surface area contributed by atoms with Gasteiger partial charge in [-0.25, -0.2) is 0 Å². The van der Waals surface area contributed by atoms with Crippen LogP contribution in [-0.4, -0.2) is 42.5 Å². The van der Waals surface area contributed by atoms with Crippen LogP contribution in [0.5, 0.6) is 0 Å². The SMILES string of the molecule is CC(C)(N)CN1CCC2(CNC(=O)C2)C1.Cl. The molecule has 0 aromatic heterocycles. The molecule has 4 nitrogen and oxygen atoms in total. The average molecular weight is 248 g/mol. The molecule has 0 aromatic rings. The molecule has 1 unspecified atom stereocenters. The fourth-order valence-electron chi connectivity index (χ4n) is 2.78. The predicted molar refractivity (Wildman–Crippen MR) is 66.6 cm³/mol. The van der Waals surface area contributed by atoms with Crippen LogP contribution in [0.25, 0.3) is 0 Å². The van der Waals surface area contributed by atoms with Gasteiger partial charge in [-0.1, -0.05) is 0 Å². The Kier molecular flexibility index (Phi) is 3.87. The number of nitrogens with two attached hydrogens (primary N) is 1. The zero-order valence-corrected chi connectivity index (χ0v) is 10.9. The molecule has 2 heterocycles. The lowest BCUT2D eigenvalue weighted by molar-refractivity contribution is -0.119. The molecule has 16 heavy (non-hydrogen) atoms. The summed E-state index contributed by atoms with van der Waals surface area (Å²) in [5, 5.41) is 2.94. The van der Waals surface area contributed by atoms with Crippen LogP contribution in [0.2, 0.25) is 0 Å². The fourth-order valence-corrected chi connectivity index (χ4v) is 2.78. The fraction of sp³-hybridized carbons (Fsp3) is 0.909. The van der Waals surface area contributed by atoms with Crippen LogP contribution >= 0.6 is 12.4 Å². The van der Waals surface area contributed by atoms with Gasteiger partial charge in [0.2, 0.25) is 5.91 Å². The van der Waals surface area contributed by atoms with E-state index < -0.39 is 0 Å². The third-order valence-electron chi connectivity index (χ3n) is 3.34. The Hall–Kier alpha value is -0.320. The number of likely N-dealkylation sites (tertiary alicyclic amines) is 1. The molecule has 94 valence electrons. The number of hydrogen-bond donors (Lipinski definition) is 2. The number of carbonyl (C=O) groups is 1. The lowest BCUT2D eigenvalue weighted by atomic mass is 9.86. The molecule has 1 spiro atoms. The molecule has 3 N–H and O–H groups in total. The highest BCUT2D eigenvalue weighted by molar-refractivity contribution is 5.85. The monoisotopic (exact) mass is 247 g/mol. The average Bonchev–Trinajstić information content (AvgIpc) is 2.58. The first-order chi connectivity index (χ1) is 6.89. The second-order valence-electron chi connectivity index (χ2n) is 5.90. The van der Waals surface area contributed by atoms with E-state index in [9.17, 15) is 4.79 Å². The second kappa shape index (κ2) is 4.51. The first kappa shape index (κ1) is 13.7. The summed E-state index contributed by atoms with van der Waals surface area (Å²) in [4.78, 5) is 13.6. The Morgan fingerprint density at radius 1 is 1.56 bits per heavy atom. The molecule has 2 saturated heterocycles. The third-order valence-corrected chi connectivity index (χ3v) is 3.34. The van der Waals surface area contributed by atoms with Crippen LogP contribution in [0.1, 0.15) is 26.7 Å². The molecule has 0 aliphatic carbocycles. The first-order valence-corrected chi connectivity index (χ1v) is 5.67. The molecule has 0 aromatic carbocycles. The van der Waals surface area contributed by atoms with Crippen LogP contribution in [0.4, 0.5) is 0 Å². The van der Waals surface area contributed by atoms with Gasteiger partial charge in [-0.15, -0.1) is 12.4 Å². The molecule has 2 rings (SSSR count). The number of nitrogens with one attached hydrogen (secondary N) is 1. The van der Waals surface area contributed by atoms with E-state index in [1.54, 1.807) is 0 Å². The third kappa shape index (κ3) is 3.09. The Balaban J connectivity index is 0.00000128. The summed E-state index contributed by atoms with van der Waals surface area (Å²) in [5.74, 6) is 0.212. The molecule has 1 atom stereocenters. The van der Waals surface area contributed by atoms with Crippen molar-refractivity contribution in [2.75, 3.05) is 26.2 Å². The lowest BCUT2D eigenvalue weighted by Crippen LogP contribution is -2.45. The molecule has 1 amide bonds. The summed E-state index contributed by atoms with van der Waals surface area (Å²) in [7, 11) is 0. The molecule has 0 radical (unpaired) electrons. The van der Waals surface area contributed by atoms with Gasteiger partial charge in [0.05, 0.1) is 0 Å². The van der Waals surface area contributed by atoms with Gasteiger partial charge in [0, 0.05) is 37.0 Å². The van der Waals surface area contributed by atoms with Crippen molar-refractivity contribution in [2.45, 2.75) is 32.2 Å². The largest absolute Gasteiger partial charge is 0.355 e. The summed E-state index contributed by atoms with van der Waals surface area (Å²) < 4.78 is 0. The number of carbonyl (C=O) groups excluding carboxylic acids is 1. The van der Waals surface area contributed by atoms with Crippen molar-refractivity contribution in [2.24, 2.45) is 11.1 Å². The van der Waals surface area contributed by atoms with Crippen LogP contribution in [0, 0.1) is 5.41 Å². The molecule has 0 bridgehead atoms. The van der Waals surface area contributed by atoms with E-state index in [0.29, 0.717) is 6.42 Å². The van der Waals surface area contributed by atoms with E-state index >= 15 is 0 Å². The number of rotatable bonds is 2. The number of nitrogens with zero attached hydrogens (tertiary/aromatic N) is 1. The summed E-state index contributed by atoms with van der Waals surface area (Å²) in [6, 6.07) is 0. The molecule has 2 aliphatic rings. The van der Waals surface area contributed by atoms with Crippen LogP contribution in [0.3, 0.4) is 0 Å². The van der Waals surface area contributed by atoms with Crippen molar-refractivity contribution in [3.05, 3.63) is 0 Å². The Morgan fingerprint density at radius 2 is 2.25 bits per heavy atom. The zero-order valence-electron chi connectivity index (χ0n) is 10.1. The van der Waals surface area contributed by atoms with E-state index in [1.165, 1.54) is 0 Å². The summed E-state index contributed by atoms with van der Waals surface area (Å²) in [5.41, 5.74) is 6.08. The minimum Gasteiger partial charge on any atom is -0.355 e. The summed E-state index contributed by atoms with van der Waals surface area (Å²) in [6.45, 7) is 7.98. The van der Waals surface area contributed by atoms with E-state index in [4.69, 9.17) is 5.73 Å². The summed E-state index contributed by atoms with van der Waals surface area (Å²) in [6.07, 6.45) is 1.83. The van der Waals surface area contributed by atoms with Crippen LogP contribution in [0.15, 0.2) is 0 Å². The molecule has 5 heteroatoms. The van der Waals surface area contributed by atoms with Crippen molar-refractivity contribution in [1.29, 1.82) is 0 Å². The predicted octanol–water partition coefficient (Wildman–Crippen LogP) is 0.358. The zero-order chi connectivity index (χ0) is 11.1. The highest BCUT2D eigenvalue weighted by Gasteiger charge is 2.44. The van der Waals surface area contributed by atoms with Gasteiger partial charge in [-0.05, 0) is 26.8 Å². The van der Waals surface area contributed by atoms with E-state index in [0.717, 1.165) is 32.6 Å². The van der Waals surface area contributed by atoms with Crippen molar-refractivity contribution >= 4 is 18.3 Å². The normalized spacial score (nSPS) is 30.6. The van der Waals surface area contributed by atoms with Crippen molar-refractivity contribution in [3.63, 3.8) is 0 Å². The number of amides is 1. The standard InChI is InChI=1S/C11H21N3O.ClH/c1-10(2,12)7-14-4-3-11(8-14)5-9(15)13-6-11;/h3-8,12H2,1-2H3,(H,13,15);1H. The van der Waals surface area contributed by atoms with E-state index in [-0.39, 0.29) is 29.3 Å². The minimum absolute atomic E-state index is 0. The number of hydrogen-bond acceptors (Lipinski definition) is 3. The maximum absolute atomic E-state index is 11.2. The van der Waals surface area contributed by atoms with Crippen molar-refractivity contribution in [3.8, 4) is 0 Å². The first-order valence-electron chi connectivity index (χ1n) is 5.67. The van der Waals surface area contributed by atoms with Gasteiger partial charge >= 0.3 is 0 Å². The smallest absolute Gasteiger partial charge is 0.220 e.